The summed E-state index contributed by atoms with van der Waals surface area (Å²) in [6, 6.07) is 0. The van der Waals surface area contributed by atoms with Crippen molar-refractivity contribution in [2.45, 2.75) is 126 Å². The summed E-state index contributed by atoms with van der Waals surface area (Å²) in [5, 5.41) is 0. The van der Waals surface area contributed by atoms with Crippen LogP contribution in [0.15, 0.2) is 0 Å². The lowest BCUT2D eigenvalue weighted by molar-refractivity contribution is -0.249. The van der Waals surface area contributed by atoms with Crippen LogP contribution in [0.1, 0.15) is 126 Å². The molecule has 3 nitrogen and oxygen atoms in total. The van der Waals surface area contributed by atoms with Crippen LogP contribution < -0.4 is 0 Å². The van der Waals surface area contributed by atoms with Crippen LogP contribution >= 0.6 is 0 Å². The Morgan fingerprint density at radius 1 is 0.794 bits per heavy atom. The molecule has 4 aliphatic rings. The smallest absolute Gasteiger partial charge is 0.305 e. The van der Waals surface area contributed by atoms with E-state index in [0.29, 0.717) is 39.8 Å². The molecule has 0 aliphatic heterocycles. The van der Waals surface area contributed by atoms with Crippen LogP contribution in [0.2, 0.25) is 0 Å². The number of carbonyl (C=O) groups excluding carboxylic acids is 2. The number of carbonyl (C=O) groups is 2. The lowest BCUT2D eigenvalue weighted by Gasteiger charge is -2.74. The fourth-order valence-corrected chi connectivity index (χ4v) is 10.5. The average molecular weight is 473 g/mol. The molecule has 0 aromatic carbocycles. The summed E-state index contributed by atoms with van der Waals surface area (Å²) in [5.41, 5.74) is 1.32. The SMILES string of the molecule is COC(=O)CC[C@H]1[C@]2(C)CC[C@@]3(C)[C@@H]4CC(C)(C)CC[C@]4(C)CC[C@]3(C)[C@@H]2CC[C@]1(C)C(C)=O. The standard InChI is InChI=1S/C31H52O3/c1-21(32)28(5)13-12-23-29(6,22(28)10-11-25(33)34-9)17-19-31(8)24-20-26(2,3)14-15-27(24,4)16-18-30(23,31)7/h22-24H,10-20H2,1-9H3/t22-,23-,24-,27-,28-,29+,30-,31+/m1/s1. The van der Waals surface area contributed by atoms with Crippen LogP contribution in [-0.4, -0.2) is 18.9 Å². The summed E-state index contributed by atoms with van der Waals surface area (Å²) in [5.74, 6) is 1.81. The number of hydrogen-bond donors (Lipinski definition) is 0. The monoisotopic (exact) mass is 472 g/mol. The highest BCUT2D eigenvalue weighted by Crippen LogP contribution is 2.77. The molecule has 0 amide bonds. The molecule has 0 heterocycles. The van der Waals surface area contributed by atoms with E-state index in [4.69, 9.17) is 4.74 Å². The zero-order chi connectivity index (χ0) is 25.4. The van der Waals surface area contributed by atoms with E-state index in [1.54, 1.807) is 6.92 Å². The average Bonchev–Trinajstić information content (AvgIpc) is 2.76. The van der Waals surface area contributed by atoms with Crippen molar-refractivity contribution in [2.75, 3.05) is 7.11 Å². The van der Waals surface area contributed by atoms with Gasteiger partial charge in [0.15, 0.2) is 0 Å². The molecule has 3 heteroatoms. The number of ether oxygens (including phenoxy) is 1. The van der Waals surface area contributed by atoms with Gasteiger partial charge in [0, 0.05) is 11.8 Å². The highest BCUT2D eigenvalue weighted by molar-refractivity contribution is 5.82. The topological polar surface area (TPSA) is 43.4 Å². The molecule has 0 bridgehead atoms. The Morgan fingerprint density at radius 2 is 1.38 bits per heavy atom. The lowest BCUT2D eigenvalue weighted by Crippen LogP contribution is -2.67. The molecule has 4 aliphatic carbocycles. The number of fused-ring (bicyclic) bond motifs is 5. The van der Waals surface area contributed by atoms with Crippen LogP contribution in [0.25, 0.3) is 0 Å². The summed E-state index contributed by atoms with van der Waals surface area (Å²) in [6.07, 6.45) is 12.5. The van der Waals surface area contributed by atoms with Gasteiger partial charge < -0.3 is 4.74 Å². The Bertz CT molecular complexity index is 846. The summed E-state index contributed by atoms with van der Waals surface area (Å²) in [7, 11) is 1.48. The van der Waals surface area contributed by atoms with Crippen LogP contribution in [0.5, 0.6) is 0 Å². The normalized spacial score (nSPS) is 49.9. The Balaban J connectivity index is 1.74. The van der Waals surface area contributed by atoms with Crippen molar-refractivity contribution in [1.29, 1.82) is 0 Å². The minimum absolute atomic E-state index is 0.0961. The predicted octanol–water partition coefficient (Wildman–Crippen LogP) is 8.00. The van der Waals surface area contributed by atoms with Crippen LogP contribution in [0.4, 0.5) is 0 Å². The predicted molar refractivity (Wildman–Crippen MR) is 138 cm³/mol. The van der Waals surface area contributed by atoms with E-state index in [9.17, 15) is 9.59 Å². The molecular formula is C31H52O3. The van der Waals surface area contributed by atoms with Gasteiger partial charge in [0.2, 0.25) is 0 Å². The number of rotatable bonds is 4. The third-order valence-electron chi connectivity index (χ3n) is 13.2. The van der Waals surface area contributed by atoms with Gasteiger partial charge >= 0.3 is 5.97 Å². The molecule has 0 aromatic heterocycles. The molecular weight excluding hydrogens is 420 g/mol. The van der Waals surface area contributed by atoms with Crippen LogP contribution in [0.3, 0.4) is 0 Å². The van der Waals surface area contributed by atoms with Crippen molar-refractivity contribution < 1.29 is 14.3 Å². The molecule has 34 heavy (non-hydrogen) atoms. The highest BCUT2D eigenvalue weighted by Gasteiger charge is 2.70. The zero-order valence-corrected chi connectivity index (χ0v) is 23.7. The second-order valence-corrected chi connectivity index (χ2v) is 15.1. The van der Waals surface area contributed by atoms with E-state index < -0.39 is 0 Å². The fraction of sp³-hybridized carbons (Fsp3) is 0.935. The number of Topliss-reactive ketones (excluding diaryl/α,β-unsaturated/α-hetero) is 1. The van der Waals surface area contributed by atoms with Gasteiger partial charge in [-0.2, -0.15) is 0 Å². The van der Waals surface area contributed by atoms with Gasteiger partial charge in [-0.05, 0) is 116 Å². The highest BCUT2D eigenvalue weighted by atomic mass is 16.5. The largest absolute Gasteiger partial charge is 0.469 e. The van der Waals surface area contributed by atoms with Gasteiger partial charge in [0.1, 0.15) is 5.78 Å². The van der Waals surface area contributed by atoms with Crippen molar-refractivity contribution in [1.82, 2.24) is 0 Å². The molecule has 0 N–H and O–H groups in total. The molecule has 0 spiro atoms. The van der Waals surface area contributed by atoms with Gasteiger partial charge in [-0.1, -0.05) is 48.5 Å². The summed E-state index contributed by atoms with van der Waals surface area (Å²) in [6.45, 7) is 19.4. The first-order valence-electron chi connectivity index (χ1n) is 14.2. The lowest BCUT2D eigenvalue weighted by atomic mass is 9.31. The molecule has 0 unspecified atom stereocenters. The van der Waals surface area contributed by atoms with Crippen molar-refractivity contribution >= 4 is 11.8 Å². The van der Waals surface area contributed by atoms with E-state index >= 15 is 0 Å². The Labute approximate surface area is 209 Å². The van der Waals surface area contributed by atoms with Crippen LogP contribution in [0, 0.1) is 50.2 Å². The molecule has 0 saturated heterocycles. The number of hydrogen-bond acceptors (Lipinski definition) is 3. The second-order valence-electron chi connectivity index (χ2n) is 15.1. The van der Waals surface area contributed by atoms with E-state index in [1.807, 2.05) is 0 Å². The quantitative estimate of drug-likeness (QED) is 0.389. The van der Waals surface area contributed by atoms with Gasteiger partial charge in [-0.15, -0.1) is 0 Å². The summed E-state index contributed by atoms with van der Waals surface area (Å²) >= 11 is 0. The van der Waals surface area contributed by atoms with Gasteiger partial charge in [-0.25, -0.2) is 0 Å². The third-order valence-corrected chi connectivity index (χ3v) is 13.2. The number of ketones is 1. The zero-order valence-electron chi connectivity index (χ0n) is 23.7. The van der Waals surface area contributed by atoms with Gasteiger partial charge in [-0.3, -0.25) is 9.59 Å². The van der Waals surface area contributed by atoms with E-state index in [1.165, 1.54) is 52.1 Å². The van der Waals surface area contributed by atoms with E-state index in [2.05, 4.69) is 48.5 Å². The molecule has 4 saturated carbocycles. The van der Waals surface area contributed by atoms with Crippen molar-refractivity contribution in [3.63, 3.8) is 0 Å². The van der Waals surface area contributed by atoms with Gasteiger partial charge in [0.05, 0.1) is 7.11 Å². The fourth-order valence-electron chi connectivity index (χ4n) is 10.5. The Hall–Kier alpha value is -0.860. The molecule has 4 fully saturated rings. The maximum Gasteiger partial charge on any atom is 0.305 e. The summed E-state index contributed by atoms with van der Waals surface area (Å²) in [4.78, 5) is 25.3. The molecule has 194 valence electrons. The maximum absolute atomic E-state index is 13.1. The first kappa shape index (κ1) is 26.2. The second kappa shape index (κ2) is 8.07. The van der Waals surface area contributed by atoms with E-state index in [0.717, 1.165) is 25.2 Å². The maximum atomic E-state index is 13.1. The van der Waals surface area contributed by atoms with Crippen LogP contribution in [-0.2, 0) is 14.3 Å². The number of methoxy groups -OCH3 is 1. The Kier molecular flexibility index (Phi) is 6.22. The molecule has 8 atom stereocenters. The number of esters is 1. The van der Waals surface area contributed by atoms with Crippen molar-refractivity contribution in [3.8, 4) is 0 Å². The molecule has 4 rings (SSSR count). The van der Waals surface area contributed by atoms with Crippen molar-refractivity contribution in [2.24, 2.45) is 50.2 Å². The molecule has 0 radical (unpaired) electrons. The first-order valence-corrected chi connectivity index (χ1v) is 14.2. The first-order chi connectivity index (χ1) is 15.6. The molecule has 0 aromatic rings. The minimum atomic E-state index is -0.334. The van der Waals surface area contributed by atoms with Gasteiger partial charge in [0.25, 0.3) is 0 Å². The van der Waals surface area contributed by atoms with Crippen molar-refractivity contribution in [3.05, 3.63) is 0 Å². The summed E-state index contributed by atoms with van der Waals surface area (Å²) < 4.78 is 5.03. The third kappa shape index (κ3) is 3.56. The van der Waals surface area contributed by atoms with E-state index in [-0.39, 0.29) is 22.7 Å². The minimum Gasteiger partial charge on any atom is -0.469 e. The Morgan fingerprint density at radius 3 is 2.00 bits per heavy atom.